The molecule has 122 valence electrons. The van der Waals surface area contributed by atoms with E-state index in [9.17, 15) is 9.59 Å². The molecular formula is C18H21ClN2O2. The molecule has 23 heavy (non-hydrogen) atoms. The number of carbonyl (C=O) groups is 2. The maximum absolute atomic E-state index is 12.2. The molecule has 3 rings (SSSR count). The van der Waals surface area contributed by atoms with Crippen molar-refractivity contribution in [2.45, 2.75) is 31.7 Å². The highest BCUT2D eigenvalue weighted by atomic mass is 35.5. The fraction of sp³-hybridized carbons (Fsp3) is 0.444. The average molecular weight is 333 g/mol. The second kappa shape index (κ2) is 7.18. The van der Waals surface area contributed by atoms with Crippen LogP contribution in [0.15, 0.2) is 30.3 Å². The zero-order valence-corrected chi connectivity index (χ0v) is 13.8. The minimum Gasteiger partial charge on any atom is -0.353 e. The van der Waals surface area contributed by atoms with Crippen LogP contribution in [0.4, 0.5) is 0 Å². The van der Waals surface area contributed by atoms with Crippen LogP contribution in [0.1, 0.15) is 31.2 Å². The molecule has 2 aliphatic rings. The van der Waals surface area contributed by atoms with Gasteiger partial charge in [-0.25, -0.2) is 0 Å². The van der Waals surface area contributed by atoms with E-state index in [4.69, 9.17) is 11.6 Å². The maximum atomic E-state index is 12.2. The van der Waals surface area contributed by atoms with Crippen LogP contribution >= 0.6 is 11.6 Å². The number of nitrogens with zero attached hydrogens (tertiary/aromatic N) is 1. The van der Waals surface area contributed by atoms with Crippen LogP contribution in [0.25, 0.3) is 6.08 Å². The van der Waals surface area contributed by atoms with Crippen molar-refractivity contribution in [1.82, 2.24) is 10.2 Å². The predicted molar refractivity (Wildman–Crippen MR) is 91.0 cm³/mol. The molecule has 4 nitrogen and oxygen atoms in total. The van der Waals surface area contributed by atoms with E-state index in [1.807, 2.05) is 23.1 Å². The van der Waals surface area contributed by atoms with E-state index < -0.39 is 0 Å². The number of benzene rings is 1. The largest absolute Gasteiger partial charge is 0.353 e. The highest BCUT2D eigenvalue weighted by Crippen LogP contribution is 2.29. The van der Waals surface area contributed by atoms with Gasteiger partial charge in [0.15, 0.2) is 0 Å². The zero-order chi connectivity index (χ0) is 16.2. The Morgan fingerprint density at radius 1 is 1.17 bits per heavy atom. The molecule has 1 aliphatic heterocycles. The van der Waals surface area contributed by atoms with Crippen LogP contribution in [-0.2, 0) is 9.59 Å². The second-order valence-electron chi connectivity index (χ2n) is 6.27. The fourth-order valence-corrected chi connectivity index (χ4v) is 2.99. The van der Waals surface area contributed by atoms with E-state index in [1.165, 1.54) is 0 Å². The number of carbonyl (C=O) groups excluding carboxylic acids is 2. The smallest absolute Gasteiger partial charge is 0.246 e. The van der Waals surface area contributed by atoms with E-state index in [-0.39, 0.29) is 23.8 Å². The molecule has 2 fully saturated rings. The van der Waals surface area contributed by atoms with Crippen molar-refractivity contribution in [2.24, 2.45) is 5.92 Å². The second-order valence-corrected chi connectivity index (χ2v) is 6.71. The molecule has 0 atom stereocenters. The van der Waals surface area contributed by atoms with E-state index in [0.717, 1.165) is 31.2 Å². The normalized spacial score (nSPS) is 19.1. The summed E-state index contributed by atoms with van der Waals surface area (Å²) >= 11 is 5.93. The molecule has 0 spiro atoms. The van der Waals surface area contributed by atoms with Crippen molar-refractivity contribution in [1.29, 1.82) is 0 Å². The van der Waals surface area contributed by atoms with Gasteiger partial charge in [0.2, 0.25) is 11.8 Å². The molecule has 0 bridgehead atoms. The summed E-state index contributed by atoms with van der Waals surface area (Å²) in [6.45, 7) is 1.38. The summed E-state index contributed by atoms with van der Waals surface area (Å²) in [6.07, 6.45) is 7.09. The molecule has 1 aromatic carbocycles. The minimum absolute atomic E-state index is 0.0111. The molecule has 1 aliphatic carbocycles. The summed E-state index contributed by atoms with van der Waals surface area (Å²) in [7, 11) is 0. The Hall–Kier alpha value is -1.81. The first-order valence-electron chi connectivity index (χ1n) is 8.15. The molecular weight excluding hydrogens is 312 g/mol. The summed E-state index contributed by atoms with van der Waals surface area (Å²) in [5.74, 6) is 0.447. The van der Waals surface area contributed by atoms with Gasteiger partial charge < -0.3 is 10.2 Å². The quantitative estimate of drug-likeness (QED) is 0.862. The number of nitrogens with one attached hydrogen (secondary N) is 1. The SMILES string of the molecule is O=C(NC1CCN(C(=O)C=Cc2cccc(Cl)c2)CC1)C1CC1. The van der Waals surface area contributed by atoms with Gasteiger partial charge in [-0.2, -0.15) is 0 Å². The summed E-state index contributed by atoms with van der Waals surface area (Å²) in [4.78, 5) is 25.8. The molecule has 5 heteroatoms. The standard InChI is InChI=1S/C18H21ClN2O2/c19-15-3-1-2-13(12-15)4-7-17(22)21-10-8-16(9-11-21)20-18(23)14-5-6-14/h1-4,7,12,14,16H,5-6,8-11H2,(H,20,23). The Labute approximate surface area is 141 Å². The zero-order valence-electron chi connectivity index (χ0n) is 13.0. The van der Waals surface area contributed by atoms with Gasteiger partial charge in [-0.1, -0.05) is 23.7 Å². The maximum Gasteiger partial charge on any atom is 0.246 e. The molecule has 1 heterocycles. The molecule has 0 aromatic heterocycles. The third-order valence-corrected chi connectivity index (χ3v) is 4.60. The van der Waals surface area contributed by atoms with E-state index in [0.29, 0.717) is 18.1 Å². The third-order valence-electron chi connectivity index (χ3n) is 4.37. The number of hydrogen-bond donors (Lipinski definition) is 1. The van der Waals surface area contributed by atoms with Crippen LogP contribution in [0.3, 0.4) is 0 Å². The first-order chi connectivity index (χ1) is 11.1. The lowest BCUT2D eigenvalue weighted by Gasteiger charge is -2.31. The van der Waals surface area contributed by atoms with Gasteiger partial charge in [-0.05, 0) is 49.5 Å². The lowest BCUT2D eigenvalue weighted by atomic mass is 10.0. The number of hydrogen-bond acceptors (Lipinski definition) is 2. The predicted octanol–water partition coefficient (Wildman–Crippen LogP) is 2.87. The molecule has 0 unspecified atom stereocenters. The van der Waals surface area contributed by atoms with Crippen LogP contribution in [-0.4, -0.2) is 35.8 Å². The highest BCUT2D eigenvalue weighted by molar-refractivity contribution is 6.30. The van der Waals surface area contributed by atoms with Crippen molar-refractivity contribution in [3.8, 4) is 0 Å². The fourth-order valence-electron chi connectivity index (χ4n) is 2.79. The molecule has 2 amide bonds. The number of likely N-dealkylation sites (tertiary alicyclic amines) is 1. The van der Waals surface area contributed by atoms with E-state index in [2.05, 4.69) is 5.32 Å². The summed E-state index contributed by atoms with van der Waals surface area (Å²) < 4.78 is 0. The molecule has 1 N–H and O–H groups in total. The Morgan fingerprint density at radius 2 is 1.91 bits per heavy atom. The van der Waals surface area contributed by atoms with Crippen molar-refractivity contribution < 1.29 is 9.59 Å². The Morgan fingerprint density at radius 3 is 2.57 bits per heavy atom. The Bertz CT molecular complexity index is 617. The molecule has 1 saturated heterocycles. The average Bonchev–Trinajstić information content (AvgIpc) is 3.38. The third kappa shape index (κ3) is 4.58. The molecule has 1 aromatic rings. The lowest BCUT2D eigenvalue weighted by molar-refractivity contribution is -0.127. The van der Waals surface area contributed by atoms with Gasteiger partial charge in [0.05, 0.1) is 0 Å². The van der Waals surface area contributed by atoms with Crippen LogP contribution in [0, 0.1) is 5.92 Å². The number of halogens is 1. The molecule has 0 radical (unpaired) electrons. The van der Waals surface area contributed by atoms with Crippen LogP contribution in [0.5, 0.6) is 0 Å². The summed E-state index contributed by atoms with van der Waals surface area (Å²) in [6, 6.07) is 7.62. The Balaban J connectivity index is 1.47. The number of amides is 2. The first kappa shape index (κ1) is 16.1. The number of rotatable bonds is 4. The lowest BCUT2D eigenvalue weighted by Crippen LogP contribution is -2.46. The van der Waals surface area contributed by atoms with E-state index >= 15 is 0 Å². The van der Waals surface area contributed by atoms with Gasteiger partial charge in [0.25, 0.3) is 0 Å². The van der Waals surface area contributed by atoms with Gasteiger partial charge in [0, 0.05) is 36.1 Å². The Kier molecular flexibility index (Phi) is 5.01. The van der Waals surface area contributed by atoms with Gasteiger partial charge in [-0.15, -0.1) is 0 Å². The number of piperidine rings is 1. The van der Waals surface area contributed by atoms with Gasteiger partial charge in [0.1, 0.15) is 0 Å². The monoisotopic (exact) mass is 332 g/mol. The minimum atomic E-state index is 0.0111. The van der Waals surface area contributed by atoms with Gasteiger partial charge in [-0.3, -0.25) is 9.59 Å². The van der Waals surface area contributed by atoms with Crippen molar-refractivity contribution in [3.63, 3.8) is 0 Å². The summed E-state index contributed by atoms with van der Waals surface area (Å²) in [5, 5.41) is 3.75. The van der Waals surface area contributed by atoms with Crippen LogP contribution in [0.2, 0.25) is 5.02 Å². The topological polar surface area (TPSA) is 49.4 Å². The van der Waals surface area contributed by atoms with Crippen molar-refractivity contribution in [3.05, 3.63) is 40.9 Å². The van der Waals surface area contributed by atoms with Crippen molar-refractivity contribution in [2.75, 3.05) is 13.1 Å². The van der Waals surface area contributed by atoms with Crippen LogP contribution < -0.4 is 5.32 Å². The van der Waals surface area contributed by atoms with E-state index in [1.54, 1.807) is 18.2 Å². The van der Waals surface area contributed by atoms with Gasteiger partial charge >= 0.3 is 0 Å². The highest BCUT2D eigenvalue weighted by Gasteiger charge is 2.32. The van der Waals surface area contributed by atoms with Crippen molar-refractivity contribution >= 4 is 29.5 Å². The first-order valence-corrected chi connectivity index (χ1v) is 8.52. The summed E-state index contributed by atoms with van der Waals surface area (Å²) in [5.41, 5.74) is 0.914. The molecule has 1 saturated carbocycles.